The second-order valence-corrected chi connectivity index (χ2v) is 5.61. The first kappa shape index (κ1) is 17.5. The number of methoxy groups -OCH3 is 1. The number of benzene rings is 1. The Kier molecular flexibility index (Phi) is 5.21. The van der Waals surface area contributed by atoms with Crippen molar-refractivity contribution in [3.05, 3.63) is 42.0 Å². The Balaban J connectivity index is 1.54. The van der Waals surface area contributed by atoms with Crippen LogP contribution in [0.5, 0.6) is 11.5 Å². The fourth-order valence-electron chi connectivity index (χ4n) is 2.54. The molecule has 1 aromatic carbocycles. The standard InChI is InChI=1S/C18H19N3O5/c1-24-18(23)12-3-5-13(6-4-12)25-10-2-9-21-16(22)11-26-14-7-8-15(19)20-17(14)21/h3-8H,2,9-11H2,1H3,(H2,19,20). The zero-order valence-corrected chi connectivity index (χ0v) is 14.3. The molecule has 0 saturated heterocycles. The van der Waals surface area contributed by atoms with Gasteiger partial charge in [-0.1, -0.05) is 0 Å². The quantitative estimate of drug-likeness (QED) is 0.619. The van der Waals surface area contributed by atoms with Gasteiger partial charge >= 0.3 is 5.97 Å². The van der Waals surface area contributed by atoms with Gasteiger partial charge in [-0.3, -0.25) is 9.69 Å². The van der Waals surface area contributed by atoms with Gasteiger partial charge in [0, 0.05) is 6.54 Å². The molecule has 2 heterocycles. The number of hydrogen-bond acceptors (Lipinski definition) is 7. The lowest BCUT2D eigenvalue weighted by molar-refractivity contribution is -0.121. The molecular weight excluding hydrogens is 338 g/mol. The Labute approximate surface area is 150 Å². The molecule has 8 nitrogen and oxygen atoms in total. The van der Waals surface area contributed by atoms with Gasteiger partial charge in [0.1, 0.15) is 11.6 Å². The average Bonchev–Trinajstić information content (AvgIpc) is 2.66. The molecular formula is C18H19N3O5. The summed E-state index contributed by atoms with van der Waals surface area (Å²) in [5, 5.41) is 0. The molecule has 136 valence electrons. The number of pyridine rings is 1. The number of carbonyl (C=O) groups is 2. The minimum atomic E-state index is -0.396. The SMILES string of the molecule is COC(=O)c1ccc(OCCCN2C(=O)COc3ccc(N)nc32)cc1. The fraction of sp³-hybridized carbons (Fsp3) is 0.278. The van der Waals surface area contributed by atoms with Crippen LogP contribution in [0.25, 0.3) is 0 Å². The summed E-state index contributed by atoms with van der Waals surface area (Å²) in [4.78, 5) is 29.2. The van der Waals surface area contributed by atoms with Crippen LogP contribution in [0.3, 0.4) is 0 Å². The number of fused-ring (bicyclic) bond motifs is 1. The number of anilines is 2. The molecule has 0 spiro atoms. The number of rotatable bonds is 6. The zero-order chi connectivity index (χ0) is 18.5. The monoisotopic (exact) mass is 357 g/mol. The molecule has 0 atom stereocenters. The normalized spacial score (nSPS) is 13.0. The molecule has 1 aromatic heterocycles. The molecule has 1 amide bonds. The van der Waals surface area contributed by atoms with Gasteiger partial charge in [0.05, 0.1) is 19.3 Å². The first-order valence-electron chi connectivity index (χ1n) is 8.09. The molecule has 8 heteroatoms. The van der Waals surface area contributed by atoms with Gasteiger partial charge in [-0.15, -0.1) is 0 Å². The van der Waals surface area contributed by atoms with E-state index >= 15 is 0 Å². The van der Waals surface area contributed by atoms with E-state index in [1.165, 1.54) is 7.11 Å². The van der Waals surface area contributed by atoms with Crippen LogP contribution in [0.15, 0.2) is 36.4 Å². The lowest BCUT2D eigenvalue weighted by Gasteiger charge is -2.28. The Morgan fingerprint density at radius 1 is 1.27 bits per heavy atom. The van der Waals surface area contributed by atoms with Gasteiger partial charge in [-0.05, 0) is 42.8 Å². The van der Waals surface area contributed by atoms with Crippen LogP contribution < -0.4 is 20.1 Å². The first-order chi connectivity index (χ1) is 12.6. The van der Waals surface area contributed by atoms with Crippen LogP contribution in [0, 0.1) is 0 Å². The van der Waals surface area contributed by atoms with Crippen molar-refractivity contribution in [2.75, 3.05) is 37.5 Å². The third-order valence-electron chi connectivity index (χ3n) is 3.84. The van der Waals surface area contributed by atoms with E-state index in [0.717, 1.165) is 0 Å². The lowest BCUT2D eigenvalue weighted by atomic mass is 10.2. The predicted molar refractivity (Wildman–Crippen MR) is 94.4 cm³/mol. The third kappa shape index (κ3) is 3.85. The molecule has 26 heavy (non-hydrogen) atoms. The number of aromatic nitrogens is 1. The second-order valence-electron chi connectivity index (χ2n) is 5.61. The number of ether oxygens (including phenoxy) is 3. The number of carbonyl (C=O) groups excluding carboxylic acids is 2. The highest BCUT2D eigenvalue weighted by Crippen LogP contribution is 2.30. The van der Waals surface area contributed by atoms with E-state index in [-0.39, 0.29) is 12.5 Å². The number of nitrogens with zero attached hydrogens (tertiary/aromatic N) is 2. The predicted octanol–water partition coefficient (Wildman–Crippen LogP) is 1.64. The Morgan fingerprint density at radius 3 is 2.77 bits per heavy atom. The van der Waals surface area contributed by atoms with Crippen molar-refractivity contribution in [2.45, 2.75) is 6.42 Å². The molecule has 0 saturated carbocycles. The van der Waals surface area contributed by atoms with E-state index in [1.807, 2.05) is 0 Å². The van der Waals surface area contributed by atoms with Gasteiger partial charge < -0.3 is 19.9 Å². The molecule has 0 unspecified atom stereocenters. The van der Waals surface area contributed by atoms with Crippen LogP contribution >= 0.6 is 0 Å². The van der Waals surface area contributed by atoms with E-state index in [2.05, 4.69) is 9.72 Å². The Morgan fingerprint density at radius 2 is 2.04 bits per heavy atom. The van der Waals surface area contributed by atoms with Crippen LogP contribution in [-0.4, -0.2) is 43.7 Å². The molecule has 3 rings (SSSR count). The molecule has 1 aliphatic heterocycles. The number of nitrogens with two attached hydrogens (primary N) is 1. The average molecular weight is 357 g/mol. The highest BCUT2D eigenvalue weighted by Gasteiger charge is 2.26. The van der Waals surface area contributed by atoms with Crippen LogP contribution in [0.1, 0.15) is 16.8 Å². The summed E-state index contributed by atoms with van der Waals surface area (Å²) in [5.74, 6) is 1.37. The molecule has 0 radical (unpaired) electrons. The summed E-state index contributed by atoms with van der Waals surface area (Å²) in [5.41, 5.74) is 6.16. The largest absolute Gasteiger partial charge is 0.494 e. The van der Waals surface area contributed by atoms with E-state index < -0.39 is 5.97 Å². The van der Waals surface area contributed by atoms with Crippen molar-refractivity contribution < 1.29 is 23.8 Å². The maximum absolute atomic E-state index is 12.1. The van der Waals surface area contributed by atoms with Gasteiger partial charge in [0.2, 0.25) is 0 Å². The van der Waals surface area contributed by atoms with Crippen molar-refractivity contribution in [1.29, 1.82) is 0 Å². The Hall–Kier alpha value is -3.29. The molecule has 0 aliphatic carbocycles. The number of hydrogen-bond donors (Lipinski definition) is 1. The highest BCUT2D eigenvalue weighted by molar-refractivity contribution is 5.96. The second kappa shape index (κ2) is 7.73. The van der Waals surface area contributed by atoms with E-state index in [1.54, 1.807) is 41.3 Å². The minimum absolute atomic E-state index is 0.0194. The third-order valence-corrected chi connectivity index (χ3v) is 3.84. The maximum atomic E-state index is 12.1. The summed E-state index contributed by atoms with van der Waals surface area (Å²) in [6.45, 7) is 0.820. The number of amides is 1. The van der Waals surface area contributed by atoms with Gasteiger partial charge in [-0.25, -0.2) is 9.78 Å². The van der Waals surface area contributed by atoms with Gasteiger partial charge in [0.15, 0.2) is 18.2 Å². The highest BCUT2D eigenvalue weighted by atomic mass is 16.5. The van der Waals surface area contributed by atoms with Crippen molar-refractivity contribution >= 4 is 23.5 Å². The molecule has 1 aliphatic rings. The maximum Gasteiger partial charge on any atom is 0.337 e. The number of esters is 1. The van der Waals surface area contributed by atoms with Gasteiger partial charge in [0.25, 0.3) is 5.91 Å². The summed E-state index contributed by atoms with van der Waals surface area (Å²) in [7, 11) is 1.33. The fourth-order valence-corrected chi connectivity index (χ4v) is 2.54. The van der Waals surface area contributed by atoms with Gasteiger partial charge in [-0.2, -0.15) is 0 Å². The van der Waals surface area contributed by atoms with E-state index in [4.69, 9.17) is 15.2 Å². The van der Waals surface area contributed by atoms with Crippen molar-refractivity contribution in [2.24, 2.45) is 0 Å². The van der Waals surface area contributed by atoms with E-state index in [0.29, 0.717) is 48.3 Å². The summed E-state index contributed by atoms with van der Waals surface area (Å²) in [6.07, 6.45) is 0.598. The smallest absolute Gasteiger partial charge is 0.337 e. The van der Waals surface area contributed by atoms with Crippen molar-refractivity contribution in [3.63, 3.8) is 0 Å². The lowest BCUT2D eigenvalue weighted by Crippen LogP contribution is -2.40. The summed E-state index contributed by atoms with van der Waals surface area (Å²) in [6, 6.07) is 10.0. The van der Waals surface area contributed by atoms with Crippen LogP contribution in [0.4, 0.5) is 11.6 Å². The van der Waals surface area contributed by atoms with Crippen LogP contribution in [-0.2, 0) is 9.53 Å². The molecule has 0 fully saturated rings. The minimum Gasteiger partial charge on any atom is -0.494 e. The Bertz CT molecular complexity index is 807. The number of nitrogen functional groups attached to an aromatic ring is 1. The molecule has 2 aromatic rings. The van der Waals surface area contributed by atoms with E-state index in [9.17, 15) is 9.59 Å². The first-order valence-corrected chi connectivity index (χ1v) is 8.09. The summed E-state index contributed by atoms with van der Waals surface area (Å²) >= 11 is 0. The zero-order valence-electron chi connectivity index (χ0n) is 14.3. The summed E-state index contributed by atoms with van der Waals surface area (Å²) < 4.78 is 15.7. The van der Waals surface area contributed by atoms with Crippen molar-refractivity contribution in [1.82, 2.24) is 4.98 Å². The topological polar surface area (TPSA) is 104 Å². The molecule has 0 bridgehead atoms. The molecule has 2 N–H and O–H groups in total. The van der Waals surface area contributed by atoms with Crippen LogP contribution in [0.2, 0.25) is 0 Å². The van der Waals surface area contributed by atoms with Crippen molar-refractivity contribution in [3.8, 4) is 11.5 Å².